The predicted molar refractivity (Wildman–Crippen MR) is 38.9 cm³/mol. The van der Waals surface area contributed by atoms with E-state index >= 15 is 0 Å². The Labute approximate surface area is 60.3 Å². The van der Waals surface area contributed by atoms with Gasteiger partial charge in [0.1, 0.15) is 6.10 Å². The molecular formula is C6H14N2O2. The maximum atomic E-state index is 9.17. The average molecular weight is 146 g/mol. The minimum absolute atomic E-state index is 0.0379. The van der Waals surface area contributed by atoms with E-state index in [1.54, 1.807) is 0 Å². The van der Waals surface area contributed by atoms with Crippen LogP contribution in [0.25, 0.3) is 0 Å². The Morgan fingerprint density at radius 3 is 2.50 bits per heavy atom. The van der Waals surface area contributed by atoms with Crippen LogP contribution in [-0.2, 0) is 0 Å². The number of amidine groups is 1. The third-order valence-corrected chi connectivity index (χ3v) is 1.60. The van der Waals surface area contributed by atoms with Gasteiger partial charge in [-0.1, -0.05) is 25.4 Å². The van der Waals surface area contributed by atoms with E-state index in [2.05, 4.69) is 5.16 Å². The van der Waals surface area contributed by atoms with Gasteiger partial charge < -0.3 is 16.0 Å². The zero-order chi connectivity index (χ0) is 8.15. The number of aliphatic hydroxyl groups excluding tert-OH is 1. The molecule has 4 N–H and O–H groups in total. The molecule has 0 aliphatic rings. The molecule has 2 atom stereocenters. The molecule has 4 heteroatoms. The molecule has 0 rings (SSSR count). The number of nitrogens with two attached hydrogens (primary N) is 1. The topological polar surface area (TPSA) is 78.8 Å². The zero-order valence-electron chi connectivity index (χ0n) is 6.28. The van der Waals surface area contributed by atoms with E-state index in [-0.39, 0.29) is 11.8 Å². The summed E-state index contributed by atoms with van der Waals surface area (Å²) in [4.78, 5) is 0. The summed E-state index contributed by atoms with van der Waals surface area (Å²) in [5.41, 5.74) is 5.14. The van der Waals surface area contributed by atoms with Crippen molar-refractivity contribution in [1.29, 1.82) is 0 Å². The second-order valence-electron chi connectivity index (χ2n) is 2.36. The number of hydrogen-bond donors (Lipinski definition) is 3. The number of rotatable bonds is 3. The molecule has 0 amide bonds. The van der Waals surface area contributed by atoms with Crippen molar-refractivity contribution >= 4 is 5.84 Å². The number of hydrogen-bond acceptors (Lipinski definition) is 3. The monoisotopic (exact) mass is 146 g/mol. The van der Waals surface area contributed by atoms with Crippen molar-refractivity contribution in [3.63, 3.8) is 0 Å². The molecule has 0 aromatic heterocycles. The molecular weight excluding hydrogens is 132 g/mol. The van der Waals surface area contributed by atoms with Gasteiger partial charge in [-0.05, 0) is 5.92 Å². The van der Waals surface area contributed by atoms with Crippen molar-refractivity contribution in [3.8, 4) is 0 Å². The van der Waals surface area contributed by atoms with E-state index in [9.17, 15) is 5.11 Å². The van der Waals surface area contributed by atoms with Crippen molar-refractivity contribution < 1.29 is 10.3 Å². The van der Waals surface area contributed by atoms with Gasteiger partial charge in [0, 0.05) is 0 Å². The summed E-state index contributed by atoms with van der Waals surface area (Å²) in [6.07, 6.45) is -0.0211. The summed E-state index contributed by atoms with van der Waals surface area (Å²) in [7, 11) is 0. The first-order valence-corrected chi connectivity index (χ1v) is 3.29. The Hall–Kier alpha value is -0.770. The molecule has 0 saturated heterocycles. The SMILES string of the molecule is CC[C@H](C)C(O)/C(N)=N\O. The fourth-order valence-corrected chi connectivity index (χ4v) is 0.574. The van der Waals surface area contributed by atoms with Crippen LogP contribution < -0.4 is 5.73 Å². The molecule has 0 aromatic rings. The summed E-state index contributed by atoms with van der Waals surface area (Å²) in [6, 6.07) is 0. The van der Waals surface area contributed by atoms with Crippen molar-refractivity contribution in [1.82, 2.24) is 0 Å². The Balaban J connectivity index is 3.94. The van der Waals surface area contributed by atoms with Crippen LogP contribution in [0.1, 0.15) is 20.3 Å². The molecule has 10 heavy (non-hydrogen) atoms. The van der Waals surface area contributed by atoms with Crippen molar-refractivity contribution in [2.24, 2.45) is 16.8 Å². The molecule has 1 unspecified atom stereocenters. The molecule has 0 radical (unpaired) electrons. The van der Waals surface area contributed by atoms with Gasteiger partial charge in [0.25, 0.3) is 0 Å². The molecule has 0 aliphatic carbocycles. The fraction of sp³-hybridized carbons (Fsp3) is 0.833. The first kappa shape index (κ1) is 9.23. The highest BCUT2D eigenvalue weighted by Gasteiger charge is 2.16. The van der Waals surface area contributed by atoms with Crippen molar-refractivity contribution in [2.75, 3.05) is 0 Å². The predicted octanol–water partition coefficient (Wildman–Crippen LogP) is 0.140. The van der Waals surface area contributed by atoms with Crippen LogP contribution in [0, 0.1) is 5.92 Å². The van der Waals surface area contributed by atoms with Gasteiger partial charge in [0.05, 0.1) is 0 Å². The number of nitrogens with zero attached hydrogens (tertiary/aromatic N) is 1. The van der Waals surface area contributed by atoms with E-state index < -0.39 is 6.10 Å². The van der Waals surface area contributed by atoms with Crippen LogP contribution in [0.3, 0.4) is 0 Å². The maximum Gasteiger partial charge on any atom is 0.168 e. The minimum atomic E-state index is -0.824. The third kappa shape index (κ3) is 2.23. The van der Waals surface area contributed by atoms with Crippen LogP contribution in [-0.4, -0.2) is 22.3 Å². The van der Waals surface area contributed by atoms with Gasteiger partial charge in [0.2, 0.25) is 0 Å². The Morgan fingerprint density at radius 1 is 1.70 bits per heavy atom. The maximum absolute atomic E-state index is 9.17. The third-order valence-electron chi connectivity index (χ3n) is 1.60. The standard InChI is InChI=1S/C6H14N2O2/c1-3-4(2)5(9)6(7)8-10/h4-5,9-10H,3H2,1-2H3,(H2,7,8)/t4-,5?/m0/s1. The molecule has 4 nitrogen and oxygen atoms in total. The highest BCUT2D eigenvalue weighted by Crippen LogP contribution is 2.06. The van der Waals surface area contributed by atoms with Gasteiger partial charge in [-0.25, -0.2) is 0 Å². The first-order valence-electron chi connectivity index (χ1n) is 3.29. The van der Waals surface area contributed by atoms with Gasteiger partial charge in [-0.15, -0.1) is 0 Å². The van der Waals surface area contributed by atoms with Crippen molar-refractivity contribution in [2.45, 2.75) is 26.4 Å². The van der Waals surface area contributed by atoms with E-state index in [0.29, 0.717) is 0 Å². The smallest absolute Gasteiger partial charge is 0.168 e. The van der Waals surface area contributed by atoms with Crippen LogP contribution in [0.15, 0.2) is 5.16 Å². The van der Waals surface area contributed by atoms with Crippen LogP contribution in [0.5, 0.6) is 0 Å². The first-order chi connectivity index (χ1) is 4.63. The molecule has 0 aromatic carbocycles. The molecule has 0 aliphatic heterocycles. The summed E-state index contributed by atoms with van der Waals surface area (Å²) >= 11 is 0. The molecule has 0 saturated carbocycles. The molecule has 60 valence electrons. The minimum Gasteiger partial charge on any atom is -0.409 e. The number of oxime groups is 1. The quantitative estimate of drug-likeness (QED) is 0.229. The summed E-state index contributed by atoms with van der Waals surface area (Å²) in [6.45, 7) is 3.77. The lowest BCUT2D eigenvalue weighted by molar-refractivity contribution is 0.170. The van der Waals surface area contributed by atoms with Gasteiger partial charge >= 0.3 is 0 Å². The van der Waals surface area contributed by atoms with Gasteiger partial charge in [-0.3, -0.25) is 0 Å². The molecule has 0 spiro atoms. The largest absolute Gasteiger partial charge is 0.409 e. The molecule has 0 fully saturated rings. The fourth-order valence-electron chi connectivity index (χ4n) is 0.574. The van der Waals surface area contributed by atoms with E-state index in [4.69, 9.17) is 10.9 Å². The van der Waals surface area contributed by atoms with E-state index in [0.717, 1.165) is 6.42 Å². The van der Waals surface area contributed by atoms with Gasteiger partial charge in [-0.2, -0.15) is 0 Å². The Bertz CT molecular complexity index is 125. The van der Waals surface area contributed by atoms with Crippen LogP contribution in [0.2, 0.25) is 0 Å². The number of aliphatic hydroxyl groups is 1. The Kier molecular flexibility index (Phi) is 3.79. The molecule has 0 heterocycles. The normalized spacial score (nSPS) is 18.5. The van der Waals surface area contributed by atoms with Crippen LogP contribution >= 0.6 is 0 Å². The molecule has 0 bridgehead atoms. The average Bonchev–Trinajstić information content (AvgIpc) is 2.00. The lowest BCUT2D eigenvalue weighted by atomic mass is 10.0. The lowest BCUT2D eigenvalue weighted by Gasteiger charge is -2.14. The lowest BCUT2D eigenvalue weighted by Crippen LogP contribution is -2.33. The highest BCUT2D eigenvalue weighted by molar-refractivity contribution is 5.84. The second-order valence-corrected chi connectivity index (χ2v) is 2.36. The second kappa shape index (κ2) is 4.11. The summed E-state index contributed by atoms with van der Waals surface area (Å²) in [5.74, 6) is -0.0785. The van der Waals surface area contributed by atoms with Crippen LogP contribution in [0.4, 0.5) is 0 Å². The van der Waals surface area contributed by atoms with Crippen molar-refractivity contribution in [3.05, 3.63) is 0 Å². The summed E-state index contributed by atoms with van der Waals surface area (Å²) in [5, 5.41) is 20.0. The highest BCUT2D eigenvalue weighted by atomic mass is 16.4. The van der Waals surface area contributed by atoms with Gasteiger partial charge in [0.15, 0.2) is 5.84 Å². The van der Waals surface area contributed by atoms with E-state index in [1.807, 2.05) is 13.8 Å². The van der Waals surface area contributed by atoms with E-state index in [1.165, 1.54) is 0 Å². The zero-order valence-corrected chi connectivity index (χ0v) is 6.28. The Morgan fingerprint density at radius 2 is 2.20 bits per heavy atom. The summed E-state index contributed by atoms with van der Waals surface area (Å²) < 4.78 is 0.